The SMILES string of the molecule is COc1ccc(C(=O)OCC(=O)Nc2ccc(OCc3ccccc3)cc2)cc1. The molecule has 3 rings (SSSR count). The van der Waals surface area contributed by atoms with E-state index < -0.39 is 11.9 Å². The summed E-state index contributed by atoms with van der Waals surface area (Å²) in [6.07, 6.45) is 0. The first-order valence-corrected chi connectivity index (χ1v) is 9.02. The Morgan fingerprint density at radius 2 is 1.48 bits per heavy atom. The van der Waals surface area contributed by atoms with Crippen LogP contribution in [-0.4, -0.2) is 25.6 Å². The van der Waals surface area contributed by atoms with Gasteiger partial charge in [-0.15, -0.1) is 0 Å². The molecule has 3 aromatic carbocycles. The van der Waals surface area contributed by atoms with Gasteiger partial charge in [0, 0.05) is 5.69 Å². The number of carbonyl (C=O) groups is 2. The Morgan fingerprint density at radius 1 is 0.828 bits per heavy atom. The zero-order valence-electron chi connectivity index (χ0n) is 16.0. The fourth-order valence-corrected chi connectivity index (χ4v) is 2.51. The van der Waals surface area contributed by atoms with Gasteiger partial charge < -0.3 is 19.5 Å². The average molecular weight is 391 g/mol. The molecule has 0 aliphatic heterocycles. The summed E-state index contributed by atoms with van der Waals surface area (Å²) in [5.41, 5.74) is 2.00. The third-order valence-electron chi connectivity index (χ3n) is 4.05. The molecular weight excluding hydrogens is 370 g/mol. The van der Waals surface area contributed by atoms with Crippen LogP contribution in [0.1, 0.15) is 15.9 Å². The molecule has 0 saturated heterocycles. The maximum atomic E-state index is 12.0. The molecule has 0 atom stereocenters. The second-order valence-corrected chi connectivity index (χ2v) is 6.15. The molecule has 6 heteroatoms. The van der Waals surface area contributed by atoms with Crippen molar-refractivity contribution in [2.45, 2.75) is 6.61 Å². The molecule has 0 radical (unpaired) electrons. The standard InChI is InChI=1S/C23H21NO5/c1-27-20-11-7-18(8-12-20)23(26)29-16-22(25)24-19-9-13-21(14-10-19)28-15-17-5-3-2-4-6-17/h2-14H,15-16H2,1H3,(H,24,25). The van der Waals surface area contributed by atoms with Crippen molar-refractivity contribution >= 4 is 17.6 Å². The number of ether oxygens (including phenoxy) is 3. The van der Waals surface area contributed by atoms with Crippen molar-refractivity contribution in [1.29, 1.82) is 0 Å². The number of esters is 1. The summed E-state index contributed by atoms with van der Waals surface area (Å²) < 4.78 is 15.8. The second-order valence-electron chi connectivity index (χ2n) is 6.15. The van der Waals surface area contributed by atoms with E-state index >= 15 is 0 Å². The number of benzene rings is 3. The number of methoxy groups -OCH3 is 1. The minimum absolute atomic E-state index is 0.346. The number of amides is 1. The van der Waals surface area contributed by atoms with Crippen LogP contribution >= 0.6 is 0 Å². The molecule has 0 spiro atoms. The summed E-state index contributed by atoms with van der Waals surface area (Å²) in [7, 11) is 1.54. The molecule has 0 fully saturated rings. The van der Waals surface area contributed by atoms with Crippen molar-refractivity contribution in [3.63, 3.8) is 0 Å². The Kier molecular flexibility index (Phi) is 6.84. The zero-order valence-corrected chi connectivity index (χ0v) is 16.0. The minimum Gasteiger partial charge on any atom is -0.497 e. The molecule has 29 heavy (non-hydrogen) atoms. The summed E-state index contributed by atoms with van der Waals surface area (Å²) in [6.45, 7) is 0.0883. The van der Waals surface area contributed by atoms with Crippen LogP contribution in [0, 0.1) is 0 Å². The fourth-order valence-electron chi connectivity index (χ4n) is 2.51. The van der Waals surface area contributed by atoms with E-state index in [1.807, 2.05) is 30.3 Å². The normalized spacial score (nSPS) is 10.1. The summed E-state index contributed by atoms with van der Waals surface area (Å²) in [6, 6.07) is 23.3. The van der Waals surface area contributed by atoms with Gasteiger partial charge >= 0.3 is 5.97 Å². The monoisotopic (exact) mass is 391 g/mol. The van der Waals surface area contributed by atoms with E-state index in [9.17, 15) is 9.59 Å². The van der Waals surface area contributed by atoms with Crippen LogP contribution in [0.3, 0.4) is 0 Å². The van der Waals surface area contributed by atoms with Crippen molar-refractivity contribution in [2.75, 3.05) is 19.0 Å². The lowest BCUT2D eigenvalue weighted by Gasteiger charge is -2.09. The highest BCUT2D eigenvalue weighted by Crippen LogP contribution is 2.17. The molecule has 0 unspecified atom stereocenters. The summed E-state index contributed by atoms with van der Waals surface area (Å²) >= 11 is 0. The third-order valence-corrected chi connectivity index (χ3v) is 4.05. The predicted molar refractivity (Wildman–Crippen MR) is 109 cm³/mol. The highest BCUT2D eigenvalue weighted by atomic mass is 16.5. The molecule has 0 aliphatic carbocycles. The quantitative estimate of drug-likeness (QED) is 0.586. The summed E-state index contributed by atoms with van der Waals surface area (Å²) in [5.74, 6) is 0.325. The number of nitrogens with one attached hydrogen (secondary N) is 1. The minimum atomic E-state index is -0.576. The van der Waals surface area contributed by atoms with E-state index in [1.165, 1.54) is 0 Å². The molecule has 0 heterocycles. The van der Waals surface area contributed by atoms with E-state index in [0.717, 1.165) is 5.56 Å². The fraction of sp³-hybridized carbons (Fsp3) is 0.130. The molecule has 1 N–H and O–H groups in total. The Balaban J connectivity index is 1.44. The Bertz CT molecular complexity index is 937. The first-order chi connectivity index (χ1) is 14.1. The third kappa shape index (κ3) is 6.10. The molecule has 148 valence electrons. The van der Waals surface area contributed by atoms with Crippen LogP contribution in [0.4, 0.5) is 5.69 Å². The lowest BCUT2D eigenvalue weighted by molar-refractivity contribution is -0.119. The predicted octanol–water partition coefficient (Wildman–Crippen LogP) is 4.07. The van der Waals surface area contributed by atoms with Gasteiger partial charge in [0.2, 0.25) is 0 Å². The largest absolute Gasteiger partial charge is 0.497 e. The van der Waals surface area contributed by atoms with Crippen molar-refractivity contribution in [3.05, 3.63) is 90.0 Å². The van der Waals surface area contributed by atoms with E-state index in [1.54, 1.807) is 55.6 Å². The lowest BCUT2D eigenvalue weighted by atomic mass is 10.2. The van der Waals surface area contributed by atoms with Gasteiger partial charge in [-0.05, 0) is 54.1 Å². The van der Waals surface area contributed by atoms with Crippen LogP contribution < -0.4 is 14.8 Å². The number of carbonyl (C=O) groups excluding carboxylic acids is 2. The van der Waals surface area contributed by atoms with Gasteiger partial charge in [-0.2, -0.15) is 0 Å². The average Bonchev–Trinajstić information content (AvgIpc) is 2.78. The lowest BCUT2D eigenvalue weighted by Crippen LogP contribution is -2.20. The van der Waals surface area contributed by atoms with Crippen molar-refractivity contribution in [2.24, 2.45) is 0 Å². The van der Waals surface area contributed by atoms with Gasteiger partial charge in [0.15, 0.2) is 6.61 Å². The number of hydrogen-bond acceptors (Lipinski definition) is 5. The highest BCUT2D eigenvalue weighted by molar-refractivity contribution is 5.95. The van der Waals surface area contributed by atoms with Gasteiger partial charge in [0.05, 0.1) is 12.7 Å². The van der Waals surface area contributed by atoms with E-state index in [2.05, 4.69) is 5.32 Å². The Morgan fingerprint density at radius 3 is 2.14 bits per heavy atom. The number of hydrogen-bond donors (Lipinski definition) is 1. The molecule has 0 bridgehead atoms. The number of anilines is 1. The summed E-state index contributed by atoms with van der Waals surface area (Å²) in [5, 5.41) is 2.68. The van der Waals surface area contributed by atoms with E-state index in [4.69, 9.17) is 14.2 Å². The van der Waals surface area contributed by atoms with Crippen LogP contribution in [0.5, 0.6) is 11.5 Å². The van der Waals surface area contributed by atoms with Gasteiger partial charge in [0.25, 0.3) is 5.91 Å². The van der Waals surface area contributed by atoms with Crippen molar-refractivity contribution in [1.82, 2.24) is 0 Å². The molecule has 3 aromatic rings. The molecular formula is C23H21NO5. The van der Waals surface area contributed by atoms with Crippen LogP contribution in [0.2, 0.25) is 0 Å². The van der Waals surface area contributed by atoms with Crippen LogP contribution in [0.25, 0.3) is 0 Å². The molecule has 0 saturated carbocycles. The van der Waals surface area contributed by atoms with Crippen molar-refractivity contribution in [3.8, 4) is 11.5 Å². The van der Waals surface area contributed by atoms with Gasteiger partial charge in [0.1, 0.15) is 18.1 Å². The van der Waals surface area contributed by atoms with Crippen LogP contribution in [0.15, 0.2) is 78.9 Å². The molecule has 0 aliphatic rings. The highest BCUT2D eigenvalue weighted by Gasteiger charge is 2.10. The van der Waals surface area contributed by atoms with Gasteiger partial charge in [-0.25, -0.2) is 4.79 Å². The van der Waals surface area contributed by atoms with Crippen molar-refractivity contribution < 1.29 is 23.8 Å². The van der Waals surface area contributed by atoms with Crippen LogP contribution in [-0.2, 0) is 16.1 Å². The second kappa shape index (κ2) is 9.94. The van der Waals surface area contributed by atoms with E-state index in [0.29, 0.717) is 29.4 Å². The smallest absolute Gasteiger partial charge is 0.338 e. The first kappa shape index (κ1) is 19.9. The zero-order chi connectivity index (χ0) is 20.5. The molecule has 0 aromatic heterocycles. The topological polar surface area (TPSA) is 73.9 Å². The molecule has 6 nitrogen and oxygen atoms in total. The summed E-state index contributed by atoms with van der Waals surface area (Å²) in [4.78, 5) is 24.0. The number of rotatable bonds is 8. The van der Waals surface area contributed by atoms with Gasteiger partial charge in [-0.1, -0.05) is 30.3 Å². The maximum absolute atomic E-state index is 12.0. The maximum Gasteiger partial charge on any atom is 0.338 e. The Labute approximate surface area is 169 Å². The molecule has 1 amide bonds. The van der Waals surface area contributed by atoms with E-state index in [-0.39, 0.29) is 6.61 Å². The Hall–Kier alpha value is -3.80. The van der Waals surface area contributed by atoms with Gasteiger partial charge in [-0.3, -0.25) is 4.79 Å². The first-order valence-electron chi connectivity index (χ1n) is 9.02.